The number of aromatic amines is 1. The minimum absolute atomic E-state index is 0.0518. The number of amides is 1. The van der Waals surface area contributed by atoms with Crippen LogP contribution in [0.3, 0.4) is 0 Å². The van der Waals surface area contributed by atoms with E-state index in [0.717, 1.165) is 69.8 Å². The number of H-pyrrole nitrogens is 1. The Kier molecular flexibility index (Phi) is 14.2. The second-order valence-electron chi connectivity index (χ2n) is 21.2. The minimum atomic E-state index is -4.70. The van der Waals surface area contributed by atoms with E-state index in [-0.39, 0.29) is 52.8 Å². The van der Waals surface area contributed by atoms with Gasteiger partial charge < -0.3 is 39.3 Å². The molecule has 5 aliphatic rings. The van der Waals surface area contributed by atoms with E-state index in [4.69, 9.17) is 18.9 Å². The van der Waals surface area contributed by atoms with Crippen LogP contribution in [-0.2, 0) is 19.5 Å². The smallest absolute Gasteiger partial charge is 0.312 e. The van der Waals surface area contributed by atoms with Gasteiger partial charge in [0.1, 0.15) is 29.0 Å². The predicted octanol–water partition coefficient (Wildman–Crippen LogP) is 8.29. The highest BCUT2D eigenvalue weighted by molar-refractivity contribution is 7.90. The average molecular weight is 1010 g/mol. The number of ether oxygens (including phenoxy) is 4. The fourth-order valence-corrected chi connectivity index (χ4v) is 12.5. The molecule has 2 aromatic carbocycles. The Morgan fingerprint density at radius 3 is 2.56 bits per heavy atom. The number of nitro groups is 1. The zero-order chi connectivity index (χ0) is 50.2. The number of piperidine rings is 1. The third-order valence-electron chi connectivity index (χ3n) is 15.7. The topological polar surface area (TPSA) is 224 Å². The Labute approximate surface area is 420 Å². The molecule has 3 aromatic heterocycles. The van der Waals surface area contributed by atoms with Crippen molar-refractivity contribution >= 4 is 44.2 Å². The van der Waals surface area contributed by atoms with Gasteiger partial charge in [0.25, 0.3) is 21.8 Å². The number of carbonyl (C=O) groups is 1. The van der Waals surface area contributed by atoms with Gasteiger partial charge in [-0.15, -0.1) is 0 Å². The van der Waals surface area contributed by atoms with Crippen LogP contribution in [0.25, 0.3) is 11.0 Å². The van der Waals surface area contributed by atoms with Crippen LogP contribution < -0.4 is 24.4 Å². The van der Waals surface area contributed by atoms with Crippen LogP contribution in [-0.4, -0.2) is 121 Å². The first-order chi connectivity index (χ1) is 34.6. The van der Waals surface area contributed by atoms with Gasteiger partial charge in [0, 0.05) is 68.2 Å². The Bertz CT molecular complexity index is 2880. The Hall–Kier alpha value is -5.86. The van der Waals surface area contributed by atoms with Gasteiger partial charge in [-0.05, 0) is 117 Å². The molecule has 72 heavy (non-hydrogen) atoms. The van der Waals surface area contributed by atoms with Crippen LogP contribution in [0.4, 0.5) is 17.2 Å². The quantitative estimate of drug-likeness (QED) is 0.0539. The lowest BCUT2D eigenvalue weighted by atomic mass is 9.70. The van der Waals surface area contributed by atoms with E-state index in [0.29, 0.717) is 68.1 Å². The van der Waals surface area contributed by atoms with Crippen molar-refractivity contribution in [2.45, 2.75) is 113 Å². The van der Waals surface area contributed by atoms with Gasteiger partial charge in [0.2, 0.25) is 5.82 Å². The summed E-state index contributed by atoms with van der Waals surface area (Å²) in [5.41, 5.74) is 3.14. The second-order valence-corrected chi connectivity index (χ2v) is 22.9. The number of benzene rings is 2. The molecule has 4 N–H and O–H groups in total. The van der Waals surface area contributed by atoms with E-state index < -0.39 is 37.0 Å². The van der Waals surface area contributed by atoms with E-state index in [9.17, 15) is 28.4 Å². The van der Waals surface area contributed by atoms with Crippen LogP contribution in [0.1, 0.15) is 112 Å². The minimum Gasteiger partial charge on any atom is -0.472 e. The molecule has 3 aliphatic heterocycles. The molecule has 5 fully saturated rings. The van der Waals surface area contributed by atoms with Gasteiger partial charge in [-0.2, -0.15) is 4.98 Å². The number of hydrogen-bond acceptors (Lipinski definition) is 15. The van der Waals surface area contributed by atoms with Crippen molar-refractivity contribution in [3.8, 4) is 17.4 Å². The number of likely N-dealkylation sites (tertiary alicyclic amines) is 1. The first-order valence-electron chi connectivity index (χ1n) is 25.5. The van der Waals surface area contributed by atoms with Crippen molar-refractivity contribution in [1.29, 1.82) is 0 Å². The molecular weight excluding hydrogens is 941 g/mol. The number of aromatic nitrogens is 3. The summed E-state index contributed by atoms with van der Waals surface area (Å²) in [4.78, 5) is 42.2. The molecule has 19 heteroatoms. The highest BCUT2D eigenvalue weighted by Gasteiger charge is 2.49. The number of fused-ring (bicyclic) bond motifs is 1. The van der Waals surface area contributed by atoms with E-state index in [2.05, 4.69) is 72.9 Å². The molecule has 18 nitrogen and oxygen atoms in total. The van der Waals surface area contributed by atoms with E-state index >= 15 is 0 Å². The van der Waals surface area contributed by atoms with E-state index in [1.807, 2.05) is 6.07 Å². The molecule has 2 saturated carbocycles. The SMILES string of the molecule is CC(C)c1ccccc1[C@@H]1CCC[C@@H]1N1CC2(CCN(c3ccc(C(=O)NS(=O)(=O)c4cnc(NC[C@H]5CC[C@](C)(O)CC5)c([N+](=O)[O-])c4)c(Oc4cc5cc[nH]c5nc4OC[C@@H]4COCCO4)c3)CC2)C1. The molecule has 0 bridgehead atoms. The maximum absolute atomic E-state index is 14.3. The van der Waals surface area contributed by atoms with Crippen molar-refractivity contribution < 1.29 is 42.2 Å². The summed E-state index contributed by atoms with van der Waals surface area (Å²) in [6.07, 6.45) is 10.7. The van der Waals surface area contributed by atoms with Gasteiger partial charge in [-0.1, -0.05) is 44.5 Å². The summed E-state index contributed by atoms with van der Waals surface area (Å²) in [7, 11) is -4.70. The number of nitrogens with one attached hydrogen (secondary N) is 3. The third-order valence-corrected chi connectivity index (χ3v) is 17.0. The molecule has 5 aromatic rings. The van der Waals surface area contributed by atoms with Crippen molar-refractivity contribution in [1.82, 2.24) is 24.6 Å². The fraction of sp³-hybridized carbons (Fsp3) is 0.528. The number of sulfonamides is 1. The molecule has 1 spiro atoms. The normalized spacial score (nSPS) is 24.5. The Morgan fingerprint density at radius 1 is 1.01 bits per heavy atom. The second kappa shape index (κ2) is 20.6. The Morgan fingerprint density at radius 2 is 1.81 bits per heavy atom. The number of carbonyl (C=O) groups excluding carboxylic acids is 1. The first kappa shape index (κ1) is 49.7. The largest absolute Gasteiger partial charge is 0.472 e. The molecule has 1 amide bonds. The monoisotopic (exact) mass is 1010 g/mol. The maximum Gasteiger partial charge on any atom is 0.312 e. The lowest BCUT2D eigenvalue weighted by molar-refractivity contribution is -0.384. The van der Waals surface area contributed by atoms with Gasteiger partial charge in [0.05, 0.1) is 42.1 Å². The zero-order valence-electron chi connectivity index (χ0n) is 41.3. The highest BCUT2D eigenvalue weighted by Crippen LogP contribution is 2.49. The van der Waals surface area contributed by atoms with Crippen molar-refractivity contribution in [3.05, 3.63) is 99.9 Å². The molecule has 6 heterocycles. The zero-order valence-corrected chi connectivity index (χ0v) is 42.1. The standard InChI is InChI=1S/C53H66N8O10S/c1-34(2)40-7-4-5-8-41(40)42-9-6-10-44(42)60-32-53(33-60)18-21-59(22-19-53)37-11-12-43(46(26-37)71-47-25-36-15-20-54-48(36)57-51(47)70-31-38-30-68-23-24-69-38)50(62)58-72(66,67)39-27-45(61(64)65)49(56-29-39)55-28-35-13-16-52(3,63)17-14-35/h4-5,7-8,11-12,15,20,25-27,29,34-35,38,42,44,63H,6,9-10,13-14,16-19,21-24,28,30-33H2,1-3H3,(H,54,57)(H,55,56)(H,58,62)/t35-,38-,42-,44-,52-/m0/s1. The van der Waals surface area contributed by atoms with Gasteiger partial charge >= 0.3 is 5.69 Å². The van der Waals surface area contributed by atoms with Crippen molar-refractivity contribution in [3.63, 3.8) is 0 Å². The molecule has 384 valence electrons. The summed E-state index contributed by atoms with van der Waals surface area (Å²) in [6.45, 7) is 11.8. The van der Waals surface area contributed by atoms with E-state index in [1.165, 1.54) is 36.5 Å². The van der Waals surface area contributed by atoms with Crippen LogP contribution >= 0.6 is 0 Å². The number of hydrogen-bond donors (Lipinski definition) is 4. The predicted molar refractivity (Wildman–Crippen MR) is 272 cm³/mol. The Balaban J connectivity index is 0.881. The summed E-state index contributed by atoms with van der Waals surface area (Å²) >= 11 is 0. The van der Waals surface area contributed by atoms with Crippen LogP contribution in [0.2, 0.25) is 0 Å². The molecule has 0 unspecified atom stereocenters. The number of aliphatic hydroxyl groups is 1. The maximum atomic E-state index is 14.3. The number of pyridine rings is 2. The summed E-state index contributed by atoms with van der Waals surface area (Å²) < 4.78 is 54.2. The average Bonchev–Trinajstić information content (AvgIpc) is 4.05. The summed E-state index contributed by atoms with van der Waals surface area (Å²) in [5.74, 6) is 0.429. The van der Waals surface area contributed by atoms with Crippen LogP contribution in [0.15, 0.2) is 78.0 Å². The molecule has 3 saturated heterocycles. The number of nitrogens with zero attached hydrogens (tertiary/aromatic N) is 5. The number of rotatable bonds is 16. The number of anilines is 2. The third kappa shape index (κ3) is 10.8. The molecule has 0 radical (unpaired) electrons. The van der Waals surface area contributed by atoms with Crippen molar-refractivity contribution in [2.24, 2.45) is 11.3 Å². The lowest BCUT2D eigenvalue weighted by Gasteiger charge is -2.57. The first-order valence-corrected chi connectivity index (χ1v) is 27.0. The molecular formula is C53H66N8O10S. The van der Waals surface area contributed by atoms with Crippen molar-refractivity contribution in [2.75, 3.05) is 69.4 Å². The van der Waals surface area contributed by atoms with Gasteiger partial charge in [-0.3, -0.25) is 19.8 Å². The van der Waals surface area contributed by atoms with Crippen LogP contribution in [0.5, 0.6) is 17.4 Å². The van der Waals surface area contributed by atoms with Crippen LogP contribution in [0, 0.1) is 21.4 Å². The molecule has 10 rings (SSSR count). The fourth-order valence-electron chi connectivity index (χ4n) is 11.6. The molecule has 2 aliphatic carbocycles. The summed E-state index contributed by atoms with van der Waals surface area (Å²) in [5, 5.41) is 26.3. The van der Waals surface area contributed by atoms with Gasteiger partial charge in [0.15, 0.2) is 5.75 Å². The van der Waals surface area contributed by atoms with Gasteiger partial charge in [-0.25, -0.2) is 18.1 Å². The lowest BCUT2D eigenvalue weighted by Crippen LogP contribution is -2.63. The summed E-state index contributed by atoms with van der Waals surface area (Å²) in [6, 6.07) is 19.1. The molecule has 3 atom stereocenters. The highest BCUT2D eigenvalue weighted by atomic mass is 32.2. The van der Waals surface area contributed by atoms with E-state index in [1.54, 1.807) is 31.3 Å².